The van der Waals surface area contributed by atoms with Crippen LogP contribution in [0.5, 0.6) is 0 Å². The molecule has 1 aromatic carbocycles. The molecule has 1 aliphatic rings. The van der Waals surface area contributed by atoms with Crippen molar-refractivity contribution < 1.29 is 18.7 Å². The summed E-state index contributed by atoms with van der Waals surface area (Å²) >= 11 is 0. The summed E-state index contributed by atoms with van der Waals surface area (Å²) in [5.74, 6) is -0.349. The SMILES string of the molecule is Cc1c(C(=O)N2CCCC(CN(C)C(=O)OC(C)(C)C)C2)cnn1-c1ccccc1F. The molecule has 0 N–H and O–H groups in total. The number of nitrogens with zero attached hydrogens (tertiary/aromatic N) is 4. The van der Waals surface area contributed by atoms with E-state index in [1.165, 1.54) is 16.9 Å². The predicted molar refractivity (Wildman–Crippen MR) is 116 cm³/mol. The maximum absolute atomic E-state index is 14.2. The molecule has 1 unspecified atom stereocenters. The number of piperidine rings is 1. The fourth-order valence-corrected chi connectivity index (χ4v) is 3.86. The standard InChI is InChI=1S/C23H31FN4O3/c1-16-18(13-25-28(16)20-11-7-6-10-19(20)24)21(29)27-12-8-9-17(15-27)14-26(5)22(30)31-23(2,3)4/h6-7,10-11,13,17H,8-9,12,14-15H2,1-5H3. The molecule has 1 aromatic heterocycles. The van der Waals surface area contributed by atoms with Gasteiger partial charge in [0.05, 0.1) is 17.5 Å². The van der Waals surface area contributed by atoms with E-state index >= 15 is 0 Å². The summed E-state index contributed by atoms with van der Waals surface area (Å²) in [6.07, 6.45) is 2.93. The highest BCUT2D eigenvalue weighted by molar-refractivity contribution is 5.95. The van der Waals surface area contributed by atoms with E-state index in [-0.39, 0.29) is 17.9 Å². The second kappa shape index (κ2) is 9.08. The number of benzene rings is 1. The van der Waals surface area contributed by atoms with Gasteiger partial charge in [-0.3, -0.25) is 4.79 Å². The predicted octanol–water partition coefficient (Wildman–Crippen LogP) is 4.04. The van der Waals surface area contributed by atoms with E-state index in [1.807, 2.05) is 20.8 Å². The molecule has 2 aromatic rings. The molecule has 3 rings (SSSR count). The molecule has 8 heteroatoms. The molecule has 1 fully saturated rings. The number of para-hydroxylation sites is 1. The third-order valence-corrected chi connectivity index (χ3v) is 5.36. The van der Waals surface area contributed by atoms with Crippen LogP contribution in [0.2, 0.25) is 0 Å². The topological polar surface area (TPSA) is 67.7 Å². The molecule has 2 amide bonds. The van der Waals surface area contributed by atoms with Gasteiger partial charge in [-0.2, -0.15) is 5.10 Å². The second-order valence-electron chi connectivity index (χ2n) is 9.13. The smallest absolute Gasteiger partial charge is 0.410 e. The largest absolute Gasteiger partial charge is 0.444 e. The van der Waals surface area contributed by atoms with Crippen molar-refractivity contribution >= 4 is 12.0 Å². The minimum absolute atomic E-state index is 0.121. The van der Waals surface area contributed by atoms with Crippen LogP contribution in [0, 0.1) is 18.7 Å². The van der Waals surface area contributed by atoms with Gasteiger partial charge in [-0.25, -0.2) is 13.9 Å². The second-order valence-corrected chi connectivity index (χ2v) is 9.13. The molecule has 1 atom stereocenters. The van der Waals surface area contributed by atoms with Gasteiger partial charge in [0.2, 0.25) is 0 Å². The van der Waals surface area contributed by atoms with Crippen molar-refractivity contribution in [2.45, 2.75) is 46.1 Å². The van der Waals surface area contributed by atoms with Crippen LogP contribution < -0.4 is 0 Å². The van der Waals surface area contributed by atoms with Gasteiger partial charge in [0.25, 0.3) is 5.91 Å². The molecule has 1 saturated heterocycles. The van der Waals surface area contributed by atoms with Gasteiger partial charge < -0.3 is 14.5 Å². The van der Waals surface area contributed by atoms with Crippen LogP contribution >= 0.6 is 0 Å². The van der Waals surface area contributed by atoms with Crippen molar-refractivity contribution in [2.75, 3.05) is 26.7 Å². The molecule has 2 heterocycles. The first-order chi connectivity index (χ1) is 14.6. The van der Waals surface area contributed by atoms with Gasteiger partial charge in [0, 0.05) is 26.7 Å². The molecule has 0 radical (unpaired) electrons. The first kappa shape index (κ1) is 22.8. The summed E-state index contributed by atoms with van der Waals surface area (Å²) in [7, 11) is 1.72. The van der Waals surface area contributed by atoms with Gasteiger partial charge in [-0.1, -0.05) is 12.1 Å². The third-order valence-electron chi connectivity index (χ3n) is 5.36. The van der Waals surface area contributed by atoms with Gasteiger partial charge in [-0.05, 0) is 58.6 Å². The number of hydrogen-bond donors (Lipinski definition) is 0. The molecule has 31 heavy (non-hydrogen) atoms. The molecule has 1 aliphatic heterocycles. The van der Waals surface area contributed by atoms with E-state index in [0.717, 1.165) is 12.8 Å². The number of aromatic nitrogens is 2. The van der Waals surface area contributed by atoms with Crippen LogP contribution in [-0.4, -0.2) is 63.9 Å². The minimum Gasteiger partial charge on any atom is -0.444 e. The zero-order valence-corrected chi connectivity index (χ0v) is 18.9. The first-order valence-electron chi connectivity index (χ1n) is 10.6. The normalized spacial score (nSPS) is 16.8. The molecule has 0 bridgehead atoms. The van der Waals surface area contributed by atoms with E-state index in [9.17, 15) is 14.0 Å². The van der Waals surface area contributed by atoms with Crippen molar-refractivity contribution in [1.82, 2.24) is 19.6 Å². The number of amides is 2. The summed E-state index contributed by atoms with van der Waals surface area (Å²) in [5, 5.41) is 4.25. The van der Waals surface area contributed by atoms with Crippen LogP contribution in [0.25, 0.3) is 5.69 Å². The first-order valence-corrected chi connectivity index (χ1v) is 10.6. The summed E-state index contributed by atoms with van der Waals surface area (Å²) in [5.41, 5.74) is 0.831. The maximum Gasteiger partial charge on any atom is 0.410 e. The lowest BCUT2D eigenvalue weighted by Gasteiger charge is -2.35. The average molecular weight is 431 g/mol. The lowest BCUT2D eigenvalue weighted by molar-refractivity contribution is 0.0244. The fourth-order valence-electron chi connectivity index (χ4n) is 3.86. The zero-order chi connectivity index (χ0) is 22.8. The number of carbonyl (C=O) groups excluding carboxylic acids is 2. The number of carbonyl (C=O) groups is 2. The summed E-state index contributed by atoms with van der Waals surface area (Å²) in [6, 6.07) is 6.35. The lowest BCUT2D eigenvalue weighted by Crippen LogP contribution is -2.45. The van der Waals surface area contributed by atoms with Crippen LogP contribution in [0.3, 0.4) is 0 Å². The van der Waals surface area contributed by atoms with Crippen LogP contribution in [0.1, 0.15) is 49.7 Å². The average Bonchev–Trinajstić information content (AvgIpc) is 3.08. The monoisotopic (exact) mass is 430 g/mol. The molecule has 0 aliphatic carbocycles. The van der Waals surface area contributed by atoms with E-state index in [1.54, 1.807) is 42.0 Å². The number of ether oxygens (including phenoxy) is 1. The van der Waals surface area contributed by atoms with Gasteiger partial charge >= 0.3 is 6.09 Å². The Kier molecular flexibility index (Phi) is 6.67. The molecule has 7 nitrogen and oxygen atoms in total. The number of halogens is 1. The molecule has 0 spiro atoms. The van der Waals surface area contributed by atoms with E-state index in [4.69, 9.17) is 4.74 Å². The van der Waals surface area contributed by atoms with E-state index < -0.39 is 11.4 Å². The van der Waals surface area contributed by atoms with Crippen molar-refractivity contribution in [3.8, 4) is 5.69 Å². The van der Waals surface area contributed by atoms with Crippen molar-refractivity contribution in [1.29, 1.82) is 0 Å². The Morgan fingerprint density at radius 2 is 2.00 bits per heavy atom. The maximum atomic E-state index is 14.2. The van der Waals surface area contributed by atoms with Gasteiger partial charge in [0.1, 0.15) is 17.1 Å². The van der Waals surface area contributed by atoms with Crippen LogP contribution in [0.15, 0.2) is 30.5 Å². The highest BCUT2D eigenvalue weighted by Crippen LogP contribution is 2.23. The molecule has 0 saturated carbocycles. The van der Waals surface area contributed by atoms with Gasteiger partial charge in [-0.15, -0.1) is 0 Å². The van der Waals surface area contributed by atoms with Crippen LogP contribution in [-0.2, 0) is 4.74 Å². The summed E-state index contributed by atoms with van der Waals surface area (Å²) in [4.78, 5) is 28.8. The van der Waals surface area contributed by atoms with Gasteiger partial charge in [0.15, 0.2) is 0 Å². The fraction of sp³-hybridized carbons (Fsp3) is 0.522. The Hall–Kier alpha value is -2.90. The Morgan fingerprint density at radius 1 is 1.29 bits per heavy atom. The Balaban J connectivity index is 1.68. The Morgan fingerprint density at radius 3 is 2.68 bits per heavy atom. The quantitative estimate of drug-likeness (QED) is 0.734. The third kappa shape index (κ3) is 5.42. The molecular weight excluding hydrogens is 399 g/mol. The highest BCUT2D eigenvalue weighted by Gasteiger charge is 2.29. The number of hydrogen-bond acceptors (Lipinski definition) is 4. The summed E-state index contributed by atoms with van der Waals surface area (Å²) in [6.45, 7) is 9.00. The summed E-state index contributed by atoms with van der Waals surface area (Å²) < 4.78 is 21.0. The number of likely N-dealkylation sites (tertiary alicyclic amines) is 1. The van der Waals surface area contributed by atoms with E-state index in [2.05, 4.69) is 5.10 Å². The van der Waals surface area contributed by atoms with Crippen LogP contribution in [0.4, 0.5) is 9.18 Å². The highest BCUT2D eigenvalue weighted by atomic mass is 19.1. The number of rotatable bonds is 4. The Labute approximate surface area is 182 Å². The molecule has 168 valence electrons. The molecular formula is C23H31FN4O3. The van der Waals surface area contributed by atoms with Crippen molar-refractivity contribution in [2.24, 2.45) is 5.92 Å². The minimum atomic E-state index is -0.546. The lowest BCUT2D eigenvalue weighted by atomic mass is 9.97. The zero-order valence-electron chi connectivity index (χ0n) is 18.9. The Bertz CT molecular complexity index is 951. The van der Waals surface area contributed by atoms with E-state index in [0.29, 0.717) is 36.6 Å². The van der Waals surface area contributed by atoms with Crippen molar-refractivity contribution in [3.63, 3.8) is 0 Å². The van der Waals surface area contributed by atoms with Crippen molar-refractivity contribution in [3.05, 3.63) is 47.5 Å².